The number of hydrogen-bond acceptors (Lipinski definition) is 7. The fraction of sp³-hybridized carbons (Fsp3) is 0.440. The summed E-state index contributed by atoms with van der Waals surface area (Å²) in [5.41, 5.74) is 4.26. The lowest BCUT2D eigenvalue weighted by Gasteiger charge is -2.50. The summed E-state index contributed by atoms with van der Waals surface area (Å²) < 4.78 is 5.70. The van der Waals surface area contributed by atoms with Crippen molar-refractivity contribution in [2.75, 3.05) is 52.4 Å². The Morgan fingerprint density at radius 3 is 2.55 bits per heavy atom. The summed E-state index contributed by atoms with van der Waals surface area (Å²) >= 11 is 1.27. The summed E-state index contributed by atoms with van der Waals surface area (Å²) in [5, 5.41) is 13.1. The van der Waals surface area contributed by atoms with Gasteiger partial charge in [0.1, 0.15) is 0 Å². The second-order valence-electron chi connectivity index (χ2n) is 9.27. The van der Waals surface area contributed by atoms with Crippen molar-refractivity contribution in [3.8, 4) is 11.4 Å². The van der Waals surface area contributed by atoms with Crippen LogP contribution < -0.4 is 5.32 Å². The number of aromatic nitrogens is 2. The first kappa shape index (κ1) is 22.3. The molecule has 0 amide bonds. The van der Waals surface area contributed by atoms with E-state index in [1.165, 1.54) is 67.4 Å². The topological polar surface area (TPSA) is 65.8 Å². The van der Waals surface area contributed by atoms with Crippen molar-refractivity contribution in [1.29, 1.82) is 0 Å². The number of aryl methyl sites for hydroxylation is 1. The molecule has 1 N–H and O–H groups in total. The molecule has 3 aromatic rings. The summed E-state index contributed by atoms with van der Waals surface area (Å²) in [7, 11) is 0. The third-order valence-corrected chi connectivity index (χ3v) is 7.72. The van der Waals surface area contributed by atoms with E-state index in [1.807, 2.05) is 30.3 Å². The minimum absolute atomic E-state index is 0.315. The molecule has 1 aromatic heterocycles. The number of benzene rings is 2. The first-order valence-electron chi connectivity index (χ1n) is 11.8. The van der Waals surface area contributed by atoms with Gasteiger partial charge >= 0.3 is 0 Å². The summed E-state index contributed by atoms with van der Waals surface area (Å²) in [4.78, 5) is 7.09. The number of azo groups is 1. The van der Waals surface area contributed by atoms with Gasteiger partial charge < -0.3 is 9.80 Å². The van der Waals surface area contributed by atoms with Crippen molar-refractivity contribution in [3.63, 3.8) is 0 Å². The van der Waals surface area contributed by atoms with Gasteiger partial charge in [0.25, 0.3) is 0 Å². The predicted molar refractivity (Wildman–Crippen MR) is 133 cm³/mol. The number of rotatable bonds is 8. The van der Waals surface area contributed by atoms with E-state index in [2.05, 4.69) is 61.8 Å². The third kappa shape index (κ3) is 5.19. The summed E-state index contributed by atoms with van der Waals surface area (Å²) in [6.45, 7) is 14.4. The van der Waals surface area contributed by atoms with Gasteiger partial charge in [0, 0.05) is 49.3 Å². The fourth-order valence-electron chi connectivity index (χ4n) is 4.82. The molecule has 8 heteroatoms. The summed E-state index contributed by atoms with van der Waals surface area (Å²) in [5.74, 6) is 0.693. The minimum Gasteiger partial charge on any atom is -0.319 e. The van der Waals surface area contributed by atoms with E-state index in [0.29, 0.717) is 17.0 Å². The number of quaternary nitrogens is 1. The molecule has 0 radical (unpaired) electrons. The SMILES string of the molecule is Cc1cc(C(C)NCC[N+]23CCN(CC2)CC3)ccc1N=Nc1nc(-c2ccccc2)ns1. The van der Waals surface area contributed by atoms with Gasteiger partial charge in [-0.25, -0.2) is 0 Å². The smallest absolute Gasteiger partial charge is 0.249 e. The molecule has 3 saturated heterocycles. The van der Waals surface area contributed by atoms with Crippen LogP contribution in [0.25, 0.3) is 11.4 Å². The highest BCUT2D eigenvalue weighted by Crippen LogP contribution is 2.28. The molecule has 6 rings (SSSR count). The van der Waals surface area contributed by atoms with E-state index < -0.39 is 0 Å². The molecule has 7 nitrogen and oxygen atoms in total. The van der Waals surface area contributed by atoms with Gasteiger partial charge in [-0.05, 0) is 31.0 Å². The van der Waals surface area contributed by atoms with E-state index in [1.54, 1.807) is 0 Å². The number of piperazine rings is 3. The predicted octanol–water partition coefficient (Wildman–Crippen LogP) is 4.73. The zero-order valence-electron chi connectivity index (χ0n) is 19.4. The maximum absolute atomic E-state index is 4.49. The third-order valence-electron chi connectivity index (χ3n) is 7.12. The molecule has 0 saturated carbocycles. The van der Waals surface area contributed by atoms with Crippen molar-refractivity contribution >= 4 is 22.4 Å². The highest BCUT2D eigenvalue weighted by atomic mass is 32.1. The molecular weight excluding hydrogens is 430 g/mol. The van der Waals surface area contributed by atoms with Crippen LogP contribution >= 0.6 is 11.5 Å². The Hall–Kier alpha value is -2.52. The minimum atomic E-state index is 0.315. The van der Waals surface area contributed by atoms with Gasteiger partial charge in [0.15, 0.2) is 5.82 Å². The number of hydrogen-bond donors (Lipinski definition) is 1. The molecule has 0 aliphatic carbocycles. The highest BCUT2D eigenvalue weighted by molar-refractivity contribution is 7.09. The highest BCUT2D eigenvalue weighted by Gasteiger charge is 2.37. The second kappa shape index (κ2) is 9.77. The van der Waals surface area contributed by atoms with Crippen LogP contribution in [0.3, 0.4) is 0 Å². The Bertz CT molecular complexity index is 1090. The van der Waals surface area contributed by atoms with Crippen molar-refractivity contribution in [1.82, 2.24) is 19.6 Å². The van der Waals surface area contributed by atoms with Crippen molar-refractivity contribution in [3.05, 3.63) is 59.7 Å². The Morgan fingerprint density at radius 1 is 1.06 bits per heavy atom. The standard InChI is InChI=1S/C25H32N7S/c1-19-18-22(20(2)26-10-14-32-15-11-31(12-16-32)13-17-32)8-9-23(19)28-29-25-27-24(30-33-25)21-6-4-3-5-7-21/h3-9,18,20,26H,10-17H2,1-2H3/q+1. The van der Waals surface area contributed by atoms with Gasteiger partial charge in [0.05, 0.1) is 31.9 Å². The first-order valence-corrected chi connectivity index (χ1v) is 12.6. The quantitative estimate of drug-likeness (QED) is 0.388. The van der Waals surface area contributed by atoms with Gasteiger partial charge in [-0.3, -0.25) is 4.90 Å². The number of fused-ring (bicyclic) bond motifs is 3. The Kier molecular flexibility index (Phi) is 6.59. The lowest BCUT2D eigenvalue weighted by atomic mass is 10.0. The van der Waals surface area contributed by atoms with Crippen LogP contribution in [0.1, 0.15) is 24.1 Å². The van der Waals surface area contributed by atoms with Gasteiger partial charge in [0.2, 0.25) is 5.13 Å². The van der Waals surface area contributed by atoms with Crippen LogP contribution in [0.5, 0.6) is 0 Å². The Labute approximate surface area is 199 Å². The van der Waals surface area contributed by atoms with E-state index in [4.69, 9.17) is 0 Å². The molecule has 3 aliphatic heterocycles. The van der Waals surface area contributed by atoms with E-state index >= 15 is 0 Å². The van der Waals surface area contributed by atoms with Crippen molar-refractivity contribution in [2.24, 2.45) is 10.2 Å². The van der Waals surface area contributed by atoms with Crippen molar-refractivity contribution < 1.29 is 4.48 Å². The monoisotopic (exact) mass is 462 g/mol. The van der Waals surface area contributed by atoms with Crippen LogP contribution in [0.2, 0.25) is 0 Å². The maximum Gasteiger partial charge on any atom is 0.249 e. The van der Waals surface area contributed by atoms with Crippen LogP contribution in [0.15, 0.2) is 58.8 Å². The molecule has 2 bridgehead atoms. The van der Waals surface area contributed by atoms with E-state index in [0.717, 1.165) is 23.4 Å². The van der Waals surface area contributed by atoms with E-state index in [9.17, 15) is 0 Å². The molecule has 2 aromatic carbocycles. The molecule has 0 spiro atoms. The lowest BCUT2D eigenvalue weighted by Crippen LogP contribution is -2.68. The van der Waals surface area contributed by atoms with E-state index in [-0.39, 0.29) is 0 Å². The average molecular weight is 463 g/mol. The number of nitrogens with zero attached hydrogens (tertiary/aromatic N) is 6. The Balaban J connectivity index is 1.17. The second-order valence-corrected chi connectivity index (χ2v) is 10.00. The molecule has 3 fully saturated rings. The van der Waals surface area contributed by atoms with Gasteiger partial charge in [-0.15, -0.1) is 10.2 Å². The van der Waals surface area contributed by atoms with Crippen LogP contribution in [0, 0.1) is 6.92 Å². The maximum atomic E-state index is 4.49. The first-order chi connectivity index (χ1) is 16.1. The molecular formula is C25H32N7S+. The zero-order chi connectivity index (χ0) is 22.7. The molecule has 33 heavy (non-hydrogen) atoms. The Morgan fingerprint density at radius 2 is 1.82 bits per heavy atom. The summed E-state index contributed by atoms with van der Waals surface area (Å²) in [6, 6.07) is 16.7. The normalized spacial score (nSPS) is 23.3. The molecule has 172 valence electrons. The molecule has 3 aliphatic rings. The average Bonchev–Trinajstić information content (AvgIpc) is 3.34. The summed E-state index contributed by atoms with van der Waals surface area (Å²) in [6.07, 6.45) is 0. The zero-order valence-corrected chi connectivity index (χ0v) is 20.3. The molecule has 4 heterocycles. The lowest BCUT2D eigenvalue weighted by molar-refractivity contribution is -0.939. The van der Waals surface area contributed by atoms with Crippen molar-refractivity contribution in [2.45, 2.75) is 19.9 Å². The fourth-order valence-corrected chi connectivity index (χ4v) is 5.34. The van der Waals surface area contributed by atoms with Crippen LogP contribution in [-0.4, -0.2) is 71.1 Å². The van der Waals surface area contributed by atoms with Crippen LogP contribution in [-0.2, 0) is 0 Å². The number of nitrogens with one attached hydrogen (secondary N) is 1. The molecule has 1 unspecified atom stereocenters. The molecule has 1 atom stereocenters. The van der Waals surface area contributed by atoms with Gasteiger partial charge in [-0.1, -0.05) is 42.5 Å². The van der Waals surface area contributed by atoms with Crippen LogP contribution in [0.4, 0.5) is 10.8 Å². The largest absolute Gasteiger partial charge is 0.319 e. The van der Waals surface area contributed by atoms with Gasteiger partial charge in [-0.2, -0.15) is 9.36 Å².